The molecule has 0 heterocycles. The number of hydrogen-bond acceptors (Lipinski definition) is 1. The summed E-state index contributed by atoms with van der Waals surface area (Å²) >= 11 is 0. The van der Waals surface area contributed by atoms with Crippen molar-refractivity contribution in [2.24, 2.45) is 0 Å². The highest BCUT2D eigenvalue weighted by atomic mass is 19.2. The third-order valence-electron chi connectivity index (χ3n) is 3.35. The molecule has 0 bridgehead atoms. The minimum atomic E-state index is -2.80. The predicted molar refractivity (Wildman–Crippen MR) is 69.1 cm³/mol. The van der Waals surface area contributed by atoms with Crippen molar-refractivity contribution in [2.45, 2.75) is 6.92 Å². The van der Waals surface area contributed by atoms with Crippen molar-refractivity contribution < 1.29 is 48.6 Å². The van der Waals surface area contributed by atoms with Gasteiger partial charge in [-0.15, -0.1) is 0 Å². The fourth-order valence-electron chi connectivity index (χ4n) is 2.18. The van der Waals surface area contributed by atoms with Gasteiger partial charge in [-0.3, -0.25) is 0 Å². The van der Waals surface area contributed by atoms with E-state index in [1.807, 2.05) is 0 Å². The van der Waals surface area contributed by atoms with Crippen molar-refractivity contribution in [3.05, 3.63) is 58.2 Å². The van der Waals surface area contributed by atoms with Crippen molar-refractivity contribution in [3.63, 3.8) is 0 Å². The van der Waals surface area contributed by atoms with E-state index in [2.05, 4.69) is 4.65 Å². The third kappa shape index (κ3) is 2.91. The van der Waals surface area contributed by atoms with Gasteiger partial charge >= 0.3 is 6.92 Å². The van der Waals surface area contributed by atoms with Crippen LogP contribution in [0.1, 0.15) is 6.92 Å². The minimum Gasteiger partial charge on any atom is -0.427 e. The Hall–Kier alpha value is -2.24. The van der Waals surface area contributed by atoms with Gasteiger partial charge in [0.05, 0.1) is 0 Å². The molecular weight excluding hydrogens is 385 g/mol. The van der Waals surface area contributed by atoms with Crippen LogP contribution < -0.4 is 10.9 Å². The highest BCUT2D eigenvalue weighted by molar-refractivity contribution is 6.80. The molecular formula is C14H5BF10O. The highest BCUT2D eigenvalue weighted by Gasteiger charge is 2.41. The Morgan fingerprint density at radius 1 is 0.500 bits per heavy atom. The van der Waals surface area contributed by atoms with Crippen molar-refractivity contribution >= 4 is 17.8 Å². The first-order chi connectivity index (χ1) is 12.1. The molecule has 0 N–H and O–H groups in total. The fraction of sp³-hybridized carbons (Fsp3) is 0.143. The molecule has 1 nitrogen and oxygen atoms in total. The van der Waals surface area contributed by atoms with E-state index in [0.29, 0.717) is 0 Å². The van der Waals surface area contributed by atoms with Crippen LogP contribution in [0.2, 0.25) is 0 Å². The summed E-state index contributed by atoms with van der Waals surface area (Å²) in [5.41, 5.74) is -3.79. The molecule has 0 aromatic heterocycles. The molecule has 0 saturated carbocycles. The molecule has 12 heteroatoms. The second-order valence-electron chi connectivity index (χ2n) is 4.80. The maximum Gasteiger partial charge on any atom is 0.374 e. The maximum absolute atomic E-state index is 13.9. The molecule has 0 aliphatic carbocycles. The van der Waals surface area contributed by atoms with Crippen LogP contribution in [0.3, 0.4) is 0 Å². The standard InChI is InChI=1S/C14H5BF10O/c1-2-26-15(3-5(16)9(20)13(24)10(21)6(3)17)4-7(18)11(22)14(25)12(23)8(4)19/h2H2,1H3. The smallest absolute Gasteiger partial charge is 0.374 e. The third-order valence-corrected chi connectivity index (χ3v) is 3.35. The molecule has 26 heavy (non-hydrogen) atoms. The van der Waals surface area contributed by atoms with Gasteiger partial charge in [0.1, 0.15) is 0 Å². The lowest BCUT2D eigenvalue weighted by Gasteiger charge is -2.18. The van der Waals surface area contributed by atoms with E-state index >= 15 is 0 Å². The summed E-state index contributed by atoms with van der Waals surface area (Å²) in [4.78, 5) is 0. The molecule has 0 spiro atoms. The summed E-state index contributed by atoms with van der Waals surface area (Å²) < 4.78 is 140. The second-order valence-corrected chi connectivity index (χ2v) is 4.80. The Bertz CT molecular complexity index is 757. The molecule has 0 atom stereocenters. The number of benzene rings is 2. The molecule has 0 amide bonds. The first-order valence-corrected chi connectivity index (χ1v) is 6.70. The summed E-state index contributed by atoms with van der Waals surface area (Å²) in [6.07, 6.45) is 0. The molecule has 0 aliphatic heterocycles. The molecule has 0 unspecified atom stereocenters. The average molecular weight is 390 g/mol. The molecule has 2 aromatic carbocycles. The fourth-order valence-corrected chi connectivity index (χ4v) is 2.18. The largest absolute Gasteiger partial charge is 0.427 e. The van der Waals surface area contributed by atoms with Crippen molar-refractivity contribution in [1.82, 2.24) is 0 Å². The Kier molecular flexibility index (Phi) is 5.54. The van der Waals surface area contributed by atoms with Crippen LogP contribution in [0.15, 0.2) is 0 Å². The van der Waals surface area contributed by atoms with Crippen LogP contribution in [-0.2, 0) is 4.65 Å². The van der Waals surface area contributed by atoms with Gasteiger partial charge in [0.25, 0.3) is 0 Å². The molecule has 0 radical (unpaired) electrons. The lowest BCUT2D eigenvalue weighted by molar-refractivity contribution is 0.343. The van der Waals surface area contributed by atoms with E-state index in [0.717, 1.165) is 6.92 Å². The molecule has 0 aliphatic rings. The molecule has 2 rings (SSSR count). The van der Waals surface area contributed by atoms with E-state index in [4.69, 9.17) is 0 Å². The predicted octanol–water partition coefficient (Wildman–Crippen LogP) is 3.22. The van der Waals surface area contributed by atoms with Crippen LogP contribution >= 0.6 is 0 Å². The van der Waals surface area contributed by atoms with E-state index in [1.165, 1.54) is 0 Å². The zero-order valence-electron chi connectivity index (χ0n) is 12.5. The van der Waals surface area contributed by atoms with Gasteiger partial charge in [-0.2, -0.15) is 0 Å². The van der Waals surface area contributed by atoms with Crippen molar-refractivity contribution in [1.29, 1.82) is 0 Å². The van der Waals surface area contributed by atoms with E-state index in [-0.39, 0.29) is 0 Å². The molecule has 2 aromatic rings. The zero-order valence-corrected chi connectivity index (χ0v) is 12.5. The monoisotopic (exact) mass is 390 g/mol. The topological polar surface area (TPSA) is 9.23 Å². The van der Waals surface area contributed by atoms with Crippen LogP contribution in [0, 0.1) is 58.2 Å². The summed E-state index contributed by atoms with van der Waals surface area (Å²) in [6, 6.07) is 0. The van der Waals surface area contributed by atoms with E-state index in [9.17, 15) is 43.9 Å². The lowest BCUT2D eigenvalue weighted by atomic mass is 9.54. The van der Waals surface area contributed by atoms with Crippen LogP contribution in [-0.4, -0.2) is 13.5 Å². The van der Waals surface area contributed by atoms with Crippen LogP contribution in [0.4, 0.5) is 43.9 Å². The SMILES string of the molecule is CCOB(c1c(F)c(F)c(F)c(F)c1F)c1c(F)c(F)c(F)c(F)c1F. The van der Waals surface area contributed by atoms with E-state index in [1.54, 1.807) is 0 Å². The Balaban J connectivity index is 2.91. The Morgan fingerprint density at radius 3 is 0.962 bits per heavy atom. The second kappa shape index (κ2) is 7.18. The summed E-state index contributed by atoms with van der Waals surface area (Å²) in [6.45, 7) is -2.34. The summed E-state index contributed by atoms with van der Waals surface area (Å²) in [5.74, 6) is -25.2. The summed E-state index contributed by atoms with van der Waals surface area (Å²) in [7, 11) is 0. The van der Waals surface area contributed by atoms with Crippen LogP contribution in [0.5, 0.6) is 0 Å². The normalized spacial score (nSPS) is 11.2. The number of rotatable bonds is 4. The van der Waals surface area contributed by atoms with Crippen molar-refractivity contribution in [3.8, 4) is 0 Å². The average Bonchev–Trinajstić information content (AvgIpc) is 2.61. The first-order valence-electron chi connectivity index (χ1n) is 6.70. The first kappa shape index (κ1) is 20.1. The van der Waals surface area contributed by atoms with Gasteiger partial charge in [0.2, 0.25) is 0 Å². The van der Waals surface area contributed by atoms with Gasteiger partial charge in [0.15, 0.2) is 58.2 Å². The molecule has 0 saturated heterocycles. The minimum absolute atomic E-state index is 0.635. The number of halogens is 10. The van der Waals surface area contributed by atoms with Gasteiger partial charge in [-0.05, 0) is 6.92 Å². The summed E-state index contributed by atoms with van der Waals surface area (Å²) in [5, 5.41) is 0. The van der Waals surface area contributed by atoms with Gasteiger partial charge in [-0.1, -0.05) is 0 Å². The zero-order chi connectivity index (χ0) is 19.9. The van der Waals surface area contributed by atoms with Crippen LogP contribution in [0.25, 0.3) is 0 Å². The molecule has 140 valence electrons. The Morgan fingerprint density at radius 2 is 0.731 bits per heavy atom. The quantitative estimate of drug-likeness (QED) is 0.337. The van der Waals surface area contributed by atoms with Crippen molar-refractivity contribution in [2.75, 3.05) is 6.61 Å². The molecule has 0 fully saturated rings. The van der Waals surface area contributed by atoms with Gasteiger partial charge in [-0.25, -0.2) is 43.9 Å². The van der Waals surface area contributed by atoms with Gasteiger partial charge < -0.3 is 4.65 Å². The Labute approximate surface area is 139 Å². The maximum atomic E-state index is 13.9. The number of hydrogen-bond donors (Lipinski definition) is 0. The highest BCUT2D eigenvalue weighted by Crippen LogP contribution is 2.20. The van der Waals surface area contributed by atoms with E-state index < -0.39 is 82.6 Å². The van der Waals surface area contributed by atoms with Gasteiger partial charge in [0, 0.05) is 17.5 Å². The lowest BCUT2D eigenvalue weighted by Crippen LogP contribution is -2.52.